The van der Waals surface area contributed by atoms with Crippen LogP contribution in [0.5, 0.6) is 28.7 Å². The molecule has 0 fully saturated rings. The van der Waals surface area contributed by atoms with Crippen LogP contribution < -0.4 is 23.7 Å². The average Bonchev–Trinajstić information content (AvgIpc) is 2.74. The van der Waals surface area contributed by atoms with Crippen LogP contribution in [0.4, 0.5) is 0 Å². The number of aliphatic carboxylic acids is 1. The summed E-state index contributed by atoms with van der Waals surface area (Å²) < 4.78 is 26.2. The molecule has 0 aromatic heterocycles. The summed E-state index contributed by atoms with van der Waals surface area (Å²) in [6.07, 6.45) is 2.99. The molecule has 154 valence electrons. The number of allylic oxidation sites excluding steroid dienone is 1. The van der Waals surface area contributed by atoms with Crippen LogP contribution in [0.1, 0.15) is 15.9 Å². The number of carboxylic acid groups (broad SMARTS) is 1. The first kappa shape index (κ1) is 21.6. The Kier molecular flexibility index (Phi) is 7.47. The Morgan fingerprint density at radius 3 is 2.00 bits per heavy atom. The number of ketones is 1. The van der Waals surface area contributed by atoms with Crippen LogP contribution in [0.3, 0.4) is 0 Å². The predicted octanol–water partition coefficient (Wildman–Crippen LogP) is 3.08. The van der Waals surface area contributed by atoms with Gasteiger partial charge in [-0.05, 0) is 36.4 Å². The number of hydrogen-bond donors (Lipinski definition) is 1. The fraction of sp³-hybridized carbons (Fsp3) is 0.238. The lowest BCUT2D eigenvalue weighted by atomic mass is 10.1. The molecule has 0 amide bonds. The van der Waals surface area contributed by atoms with Gasteiger partial charge in [-0.3, -0.25) is 4.79 Å². The zero-order valence-corrected chi connectivity index (χ0v) is 16.6. The van der Waals surface area contributed by atoms with Crippen LogP contribution in [-0.2, 0) is 4.79 Å². The monoisotopic (exact) mass is 402 g/mol. The molecule has 2 rings (SSSR count). The van der Waals surface area contributed by atoms with E-state index in [0.717, 1.165) is 0 Å². The van der Waals surface area contributed by atoms with Gasteiger partial charge in [0, 0.05) is 17.2 Å². The molecule has 0 atom stereocenters. The molecule has 1 N–H and O–H groups in total. The minimum atomic E-state index is -1.11. The number of hydrogen-bond acceptors (Lipinski definition) is 7. The fourth-order valence-electron chi connectivity index (χ4n) is 2.52. The number of benzene rings is 2. The Bertz CT molecular complexity index is 917. The first-order valence-electron chi connectivity index (χ1n) is 8.48. The SMILES string of the molecule is COc1cc(OC)c(OC)cc1C=CC(=O)c1ccc(OCC(=O)O)c(OC)c1. The molecule has 0 aliphatic rings. The number of methoxy groups -OCH3 is 4. The molecule has 0 aliphatic heterocycles. The number of carbonyl (C=O) groups excluding carboxylic acids is 1. The van der Waals surface area contributed by atoms with Crippen molar-refractivity contribution in [2.24, 2.45) is 0 Å². The van der Waals surface area contributed by atoms with Crippen LogP contribution in [-0.4, -0.2) is 51.9 Å². The molecule has 8 heteroatoms. The van der Waals surface area contributed by atoms with Gasteiger partial charge in [0.15, 0.2) is 35.4 Å². The highest BCUT2D eigenvalue weighted by molar-refractivity contribution is 6.07. The third kappa shape index (κ3) is 5.41. The summed E-state index contributed by atoms with van der Waals surface area (Å²) in [4.78, 5) is 23.2. The van der Waals surface area contributed by atoms with Crippen molar-refractivity contribution in [3.8, 4) is 28.7 Å². The minimum absolute atomic E-state index is 0.233. The Balaban J connectivity index is 2.27. The van der Waals surface area contributed by atoms with Gasteiger partial charge in [-0.15, -0.1) is 0 Å². The summed E-state index contributed by atoms with van der Waals surface area (Å²) in [5, 5.41) is 8.72. The average molecular weight is 402 g/mol. The lowest BCUT2D eigenvalue weighted by Crippen LogP contribution is -2.10. The van der Waals surface area contributed by atoms with E-state index in [1.807, 2.05) is 0 Å². The molecule has 29 heavy (non-hydrogen) atoms. The highest BCUT2D eigenvalue weighted by atomic mass is 16.5. The third-order valence-electron chi connectivity index (χ3n) is 3.95. The van der Waals surface area contributed by atoms with Gasteiger partial charge >= 0.3 is 5.97 Å². The van der Waals surface area contributed by atoms with E-state index in [1.165, 1.54) is 52.7 Å². The second kappa shape index (κ2) is 10.0. The lowest BCUT2D eigenvalue weighted by molar-refractivity contribution is -0.139. The molecule has 0 heterocycles. The lowest BCUT2D eigenvalue weighted by Gasteiger charge is -2.12. The van der Waals surface area contributed by atoms with Crippen molar-refractivity contribution < 1.29 is 38.4 Å². The minimum Gasteiger partial charge on any atom is -0.496 e. The Labute approximate surface area is 168 Å². The van der Waals surface area contributed by atoms with Crippen molar-refractivity contribution in [3.63, 3.8) is 0 Å². The van der Waals surface area contributed by atoms with Crippen LogP contribution in [0.15, 0.2) is 36.4 Å². The molecule has 0 saturated heterocycles. The van der Waals surface area contributed by atoms with E-state index < -0.39 is 12.6 Å². The van der Waals surface area contributed by atoms with E-state index in [2.05, 4.69) is 0 Å². The standard InChI is InChI=1S/C21H22O8/c1-25-17-11-20(28-4)19(27-3)10-14(17)5-7-15(22)13-6-8-16(18(9-13)26-2)29-12-21(23)24/h5-11H,12H2,1-4H3,(H,23,24). The van der Waals surface area contributed by atoms with Crippen molar-refractivity contribution in [1.82, 2.24) is 0 Å². The van der Waals surface area contributed by atoms with Crippen LogP contribution >= 0.6 is 0 Å². The Hall–Kier alpha value is -3.68. The molecule has 2 aromatic carbocycles. The van der Waals surface area contributed by atoms with Gasteiger partial charge < -0.3 is 28.8 Å². The van der Waals surface area contributed by atoms with Crippen molar-refractivity contribution in [3.05, 3.63) is 47.5 Å². The van der Waals surface area contributed by atoms with Gasteiger partial charge in [0.05, 0.1) is 28.4 Å². The van der Waals surface area contributed by atoms with Gasteiger partial charge in [0.2, 0.25) is 0 Å². The largest absolute Gasteiger partial charge is 0.496 e. The second-order valence-electron chi connectivity index (χ2n) is 5.69. The Morgan fingerprint density at radius 2 is 1.41 bits per heavy atom. The number of carboxylic acids is 1. The maximum absolute atomic E-state index is 12.6. The van der Waals surface area contributed by atoms with E-state index in [4.69, 9.17) is 28.8 Å². The van der Waals surface area contributed by atoms with Crippen molar-refractivity contribution in [2.45, 2.75) is 0 Å². The van der Waals surface area contributed by atoms with Gasteiger partial charge in [0.25, 0.3) is 0 Å². The van der Waals surface area contributed by atoms with E-state index in [0.29, 0.717) is 28.4 Å². The molecule has 0 bridgehead atoms. The summed E-state index contributed by atoms with van der Waals surface area (Å²) in [6.45, 7) is -0.511. The number of ether oxygens (including phenoxy) is 5. The number of rotatable bonds is 10. The quantitative estimate of drug-likeness (QED) is 0.478. The maximum Gasteiger partial charge on any atom is 0.341 e. The molecule has 0 saturated carbocycles. The predicted molar refractivity (Wildman–Crippen MR) is 106 cm³/mol. The molecule has 0 radical (unpaired) electrons. The zero-order valence-electron chi connectivity index (χ0n) is 16.6. The maximum atomic E-state index is 12.6. The van der Waals surface area contributed by atoms with E-state index >= 15 is 0 Å². The van der Waals surface area contributed by atoms with Crippen LogP contribution in [0, 0.1) is 0 Å². The molecule has 8 nitrogen and oxygen atoms in total. The molecular formula is C21H22O8. The highest BCUT2D eigenvalue weighted by Gasteiger charge is 2.13. The van der Waals surface area contributed by atoms with Gasteiger partial charge in [-0.2, -0.15) is 0 Å². The summed E-state index contributed by atoms with van der Waals surface area (Å²) in [5.41, 5.74) is 0.979. The molecular weight excluding hydrogens is 380 g/mol. The van der Waals surface area contributed by atoms with Crippen molar-refractivity contribution in [1.29, 1.82) is 0 Å². The van der Waals surface area contributed by atoms with E-state index in [9.17, 15) is 9.59 Å². The van der Waals surface area contributed by atoms with Gasteiger partial charge in [-0.25, -0.2) is 4.79 Å². The number of carbonyl (C=O) groups is 2. The summed E-state index contributed by atoms with van der Waals surface area (Å²) in [7, 11) is 5.96. The molecule has 0 aliphatic carbocycles. The van der Waals surface area contributed by atoms with Crippen molar-refractivity contribution in [2.75, 3.05) is 35.0 Å². The topological polar surface area (TPSA) is 101 Å². The third-order valence-corrected chi connectivity index (χ3v) is 3.95. The fourth-order valence-corrected chi connectivity index (χ4v) is 2.52. The zero-order chi connectivity index (χ0) is 21.4. The molecule has 0 spiro atoms. The smallest absolute Gasteiger partial charge is 0.341 e. The van der Waals surface area contributed by atoms with Crippen LogP contribution in [0.25, 0.3) is 6.08 Å². The molecule has 0 unspecified atom stereocenters. The highest BCUT2D eigenvalue weighted by Crippen LogP contribution is 2.35. The Morgan fingerprint density at radius 1 is 0.828 bits per heavy atom. The van der Waals surface area contributed by atoms with E-state index in [1.54, 1.807) is 18.2 Å². The first-order chi connectivity index (χ1) is 13.9. The van der Waals surface area contributed by atoms with E-state index in [-0.39, 0.29) is 17.3 Å². The van der Waals surface area contributed by atoms with Crippen molar-refractivity contribution >= 4 is 17.8 Å². The van der Waals surface area contributed by atoms with Gasteiger partial charge in [0.1, 0.15) is 5.75 Å². The second-order valence-corrected chi connectivity index (χ2v) is 5.69. The molecule has 2 aromatic rings. The normalized spacial score (nSPS) is 10.5. The first-order valence-corrected chi connectivity index (χ1v) is 8.48. The van der Waals surface area contributed by atoms with Crippen LogP contribution in [0.2, 0.25) is 0 Å². The summed E-state index contributed by atoms with van der Waals surface area (Å²) >= 11 is 0. The summed E-state index contributed by atoms with van der Waals surface area (Å²) in [6, 6.07) is 7.86. The summed E-state index contributed by atoms with van der Waals surface area (Å²) in [5.74, 6) is 0.619. The van der Waals surface area contributed by atoms with Gasteiger partial charge in [-0.1, -0.05) is 0 Å².